The van der Waals surface area contributed by atoms with Crippen LogP contribution in [0.4, 0.5) is 0 Å². The van der Waals surface area contributed by atoms with E-state index in [4.69, 9.17) is 32.7 Å². The van der Waals surface area contributed by atoms with Gasteiger partial charge in [-0.2, -0.15) is 0 Å². The monoisotopic (exact) mass is 457 g/mol. The van der Waals surface area contributed by atoms with Gasteiger partial charge in [-0.3, -0.25) is 0 Å². The Labute approximate surface area is 190 Å². The molecule has 0 aliphatic heterocycles. The molecule has 160 valence electrons. The third-order valence-electron chi connectivity index (χ3n) is 5.31. The van der Waals surface area contributed by atoms with E-state index in [0.29, 0.717) is 22.7 Å². The summed E-state index contributed by atoms with van der Waals surface area (Å²) in [5, 5.41) is 4.80. The molecule has 1 saturated carbocycles. The highest BCUT2D eigenvalue weighted by Gasteiger charge is 2.12. The minimum Gasteiger partial charge on any atom is -0.493 e. The van der Waals surface area contributed by atoms with Crippen LogP contribution in [0.3, 0.4) is 0 Å². The van der Waals surface area contributed by atoms with Gasteiger partial charge in [-0.1, -0.05) is 67.4 Å². The third kappa shape index (κ3) is 7.57. The Bertz CT molecular complexity index is 762. The van der Waals surface area contributed by atoms with Gasteiger partial charge in [0, 0.05) is 12.6 Å². The van der Waals surface area contributed by atoms with Gasteiger partial charge < -0.3 is 14.8 Å². The van der Waals surface area contributed by atoms with Crippen molar-refractivity contribution in [3.63, 3.8) is 0 Å². The highest BCUT2D eigenvalue weighted by atomic mass is 35.5. The highest BCUT2D eigenvalue weighted by Crippen LogP contribution is 2.30. The zero-order chi connectivity index (χ0) is 19.8. The number of hydrogen-bond acceptors (Lipinski definition) is 3. The summed E-state index contributed by atoms with van der Waals surface area (Å²) in [5.74, 6) is 1.47. The van der Waals surface area contributed by atoms with Crippen molar-refractivity contribution >= 4 is 35.6 Å². The fourth-order valence-corrected chi connectivity index (χ4v) is 3.97. The molecule has 1 aliphatic rings. The zero-order valence-electron chi connectivity index (χ0n) is 16.9. The van der Waals surface area contributed by atoms with Crippen molar-refractivity contribution in [1.82, 2.24) is 5.32 Å². The summed E-state index contributed by atoms with van der Waals surface area (Å²) >= 11 is 12.0. The zero-order valence-corrected chi connectivity index (χ0v) is 19.2. The minimum atomic E-state index is 0. The summed E-state index contributed by atoms with van der Waals surface area (Å²) < 4.78 is 11.5. The molecule has 2 aromatic rings. The summed E-state index contributed by atoms with van der Waals surface area (Å²) in [7, 11) is 1.67. The van der Waals surface area contributed by atoms with E-state index in [9.17, 15) is 0 Å². The van der Waals surface area contributed by atoms with E-state index in [1.165, 1.54) is 50.5 Å². The molecule has 3 rings (SSSR count). The Morgan fingerprint density at radius 2 is 1.55 bits per heavy atom. The van der Waals surface area contributed by atoms with E-state index in [2.05, 4.69) is 17.4 Å². The fourth-order valence-electron chi connectivity index (χ4n) is 3.65. The summed E-state index contributed by atoms with van der Waals surface area (Å²) in [6, 6.07) is 12.3. The van der Waals surface area contributed by atoms with Crippen LogP contribution in [-0.4, -0.2) is 13.2 Å². The quantitative estimate of drug-likeness (QED) is 0.475. The molecule has 0 amide bonds. The van der Waals surface area contributed by atoms with Crippen molar-refractivity contribution in [2.45, 2.75) is 64.1 Å². The molecule has 0 atom stereocenters. The van der Waals surface area contributed by atoms with Crippen LogP contribution in [0.5, 0.6) is 11.5 Å². The van der Waals surface area contributed by atoms with Crippen molar-refractivity contribution in [2.75, 3.05) is 7.11 Å². The topological polar surface area (TPSA) is 30.5 Å². The van der Waals surface area contributed by atoms with Crippen LogP contribution in [0.25, 0.3) is 0 Å². The van der Waals surface area contributed by atoms with E-state index in [0.717, 1.165) is 23.6 Å². The molecule has 2 aromatic carbocycles. The SMILES string of the molecule is COc1cc(CNC2CCCCCCC2)ccc1OCc1ccc(Cl)c(Cl)c1.Cl. The molecule has 0 unspecified atom stereocenters. The number of ether oxygens (including phenoxy) is 2. The Kier molecular flexibility index (Phi) is 10.4. The first-order chi connectivity index (χ1) is 13.7. The van der Waals surface area contributed by atoms with Crippen molar-refractivity contribution in [2.24, 2.45) is 0 Å². The van der Waals surface area contributed by atoms with Gasteiger partial charge in [0.2, 0.25) is 0 Å². The normalized spacial score (nSPS) is 15.1. The Balaban J connectivity index is 0.00000300. The Morgan fingerprint density at radius 3 is 2.24 bits per heavy atom. The van der Waals surface area contributed by atoms with Crippen LogP contribution in [0, 0.1) is 0 Å². The fraction of sp³-hybridized carbons (Fsp3) is 0.478. The standard InChI is InChI=1S/C23H29Cl2NO2.ClH/c1-27-23-14-17(15-26-19-7-5-3-2-4-6-8-19)10-12-22(23)28-16-18-9-11-20(24)21(25)13-18;/h9-14,19,26H,2-8,15-16H2,1H3;1H. The van der Waals surface area contributed by atoms with Crippen LogP contribution < -0.4 is 14.8 Å². The second kappa shape index (κ2) is 12.5. The summed E-state index contributed by atoms with van der Waals surface area (Å²) in [6.45, 7) is 1.26. The van der Waals surface area contributed by atoms with Crippen LogP contribution in [-0.2, 0) is 13.2 Å². The molecule has 3 nitrogen and oxygen atoms in total. The lowest BCUT2D eigenvalue weighted by Crippen LogP contribution is -2.29. The number of benzene rings is 2. The van der Waals surface area contributed by atoms with Crippen molar-refractivity contribution in [3.05, 3.63) is 57.6 Å². The molecule has 0 heterocycles. The number of methoxy groups -OCH3 is 1. The third-order valence-corrected chi connectivity index (χ3v) is 6.05. The van der Waals surface area contributed by atoms with Crippen LogP contribution in [0.1, 0.15) is 56.1 Å². The molecule has 6 heteroatoms. The first-order valence-corrected chi connectivity index (χ1v) is 10.9. The molecule has 1 aliphatic carbocycles. The lowest BCUT2D eigenvalue weighted by molar-refractivity contribution is 0.284. The molecule has 0 radical (unpaired) electrons. The molecule has 0 spiro atoms. The van der Waals surface area contributed by atoms with Crippen molar-refractivity contribution < 1.29 is 9.47 Å². The molecule has 0 saturated heterocycles. The second-order valence-electron chi connectivity index (χ2n) is 7.45. The molecule has 0 aromatic heterocycles. The van der Waals surface area contributed by atoms with Gasteiger partial charge in [-0.15, -0.1) is 12.4 Å². The molecular formula is C23H30Cl3NO2. The Morgan fingerprint density at radius 1 is 0.862 bits per heavy atom. The van der Waals surface area contributed by atoms with E-state index in [1.807, 2.05) is 18.2 Å². The molecule has 1 N–H and O–H groups in total. The van der Waals surface area contributed by atoms with E-state index >= 15 is 0 Å². The molecule has 29 heavy (non-hydrogen) atoms. The van der Waals surface area contributed by atoms with Gasteiger partial charge in [-0.05, 0) is 48.2 Å². The predicted octanol–water partition coefficient (Wildman–Crippen LogP) is 7.21. The maximum Gasteiger partial charge on any atom is 0.161 e. The first-order valence-electron chi connectivity index (χ1n) is 10.1. The van der Waals surface area contributed by atoms with E-state index in [-0.39, 0.29) is 12.4 Å². The van der Waals surface area contributed by atoms with Crippen molar-refractivity contribution in [1.29, 1.82) is 0 Å². The van der Waals surface area contributed by atoms with Crippen LogP contribution >= 0.6 is 35.6 Å². The molecular weight excluding hydrogens is 429 g/mol. The number of hydrogen-bond donors (Lipinski definition) is 1. The summed E-state index contributed by atoms with van der Waals surface area (Å²) in [4.78, 5) is 0. The number of halogens is 3. The van der Waals surface area contributed by atoms with Crippen LogP contribution in [0.15, 0.2) is 36.4 Å². The van der Waals surface area contributed by atoms with Crippen molar-refractivity contribution in [3.8, 4) is 11.5 Å². The van der Waals surface area contributed by atoms with Gasteiger partial charge in [-0.25, -0.2) is 0 Å². The van der Waals surface area contributed by atoms with E-state index < -0.39 is 0 Å². The Hall–Kier alpha value is -1.13. The summed E-state index contributed by atoms with van der Waals surface area (Å²) in [5.41, 5.74) is 2.17. The highest BCUT2D eigenvalue weighted by molar-refractivity contribution is 6.42. The van der Waals surface area contributed by atoms with Gasteiger partial charge in [0.25, 0.3) is 0 Å². The van der Waals surface area contributed by atoms with Crippen LogP contribution in [0.2, 0.25) is 10.0 Å². The van der Waals surface area contributed by atoms with Gasteiger partial charge >= 0.3 is 0 Å². The molecule has 0 bridgehead atoms. The predicted molar refractivity (Wildman–Crippen MR) is 124 cm³/mol. The average molecular weight is 459 g/mol. The number of rotatable bonds is 7. The smallest absolute Gasteiger partial charge is 0.161 e. The first kappa shape index (κ1) is 24.1. The van der Waals surface area contributed by atoms with Gasteiger partial charge in [0.05, 0.1) is 17.2 Å². The number of nitrogens with one attached hydrogen (secondary N) is 1. The average Bonchev–Trinajstić information content (AvgIpc) is 2.68. The lowest BCUT2D eigenvalue weighted by atomic mass is 9.96. The van der Waals surface area contributed by atoms with E-state index in [1.54, 1.807) is 13.2 Å². The maximum atomic E-state index is 6.07. The lowest BCUT2D eigenvalue weighted by Gasteiger charge is -2.21. The second-order valence-corrected chi connectivity index (χ2v) is 8.26. The minimum absolute atomic E-state index is 0. The largest absolute Gasteiger partial charge is 0.493 e. The van der Waals surface area contributed by atoms with Gasteiger partial charge in [0.1, 0.15) is 6.61 Å². The summed E-state index contributed by atoms with van der Waals surface area (Å²) in [6.07, 6.45) is 9.37. The maximum absolute atomic E-state index is 6.07. The molecule has 1 fully saturated rings. The van der Waals surface area contributed by atoms with Gasteiger partial charge in [0.15, 0.2) is 11.5 Å².